The van der Waals surface area contributed by atoms with Crippen molar-refractivity contribution >= 4 is 11.6 Å². The lowest BCUT2D eigenvalue weighted by Gasteiger charge is -2.45. The highest BCUT2D eigenvalue weighted by Crippen LogP contribution is 2.39. The maximum Gasteiger partial charge on any atom is 0.270 e. The van der Waals surface area contributed by atoms with Crippen molar-refractivity contribution in [2.75, 3.05) is 0 Å². The number of nitrogens with zero attached hydrogens (tertiary/aromatic N) is 2. The number of amides is 1. The summed E-state index contributed by atoms with van der Waals surface area (Å²) in [6.07, 6.45) is 8.38. The minimum atomic E-state index is -0.319. The second-order valence-corrected chi connectivity index (χ2v) is 7.59. The lowest BCUT2D eigenvalue weighted by Crippen LogP contribution is -2.54. The van der Waals surface area contributed by atoms with Crippen LogP contribution in [-0.2, 0) is 0 Å². The number of nitrogens with one attached hydrogen (secondary N) is 1. The number of hydrogen-bond donors (Lipinski definition) is 2. The smallest absolute Gasteiger partial charge is 0.270 e. The molecule has 0 aliphatic heterocycles. The predicted octanol–water partition coefficient (Wildman–Crippen LogP) is 1.64. The molecule has 25 heavy (non-hydrogen) atoms. The second kappa shape index (κ2) is 6.26. The molecular weight excluding hydrogens is 316 g/mol. The number of nitrogens with two attached hydrogens (primary N) is 1. The monoisotopic (exact) mass is 340 g/mol. The average molecular weight is 340 g/mol. The molecule has 0 spiro atoms. The van der Waals surface area contributed by atoms with Gasteiger partial charge in [-0.25, -0.2) is 4.98 Å². The fraction of sp³-hybridized carbons (Fsp3) is 0.526. The maximum atomic E-state index is 12.8. The van der Waals surface area contributed by atoms with Gasteiger partial charge in [-0.05, 0) is 62.1 Å². The molecule has 0 radical (unpaired) electrons. The third-order valence-electron chi connectivity index (χ3n) is 5.78. The van der Waals surface area contributed by atoms with Gasteiger partial charge >= 0.3 is 0 Å². The molecule has 132 valence electrons. The van der Waals surface area contributed by atoms with Crippen molar-refractivity contribution in [3.8, 4) is 0 Å². The molecule has 4 rings (SSSR count). The van der Waals surface area contributed by atoms with Crippen LogP contribution in [0.15, 0.2) is 29.3 Å². The van der Waals surface area contributed by atoms with E-state index in [1.54, 1.807) is 6.20 Å². The van der Waals surface area contributed by atoms with Crippen molar-refractivity contribution in [3.05, 3.63) is 46.0 Å². The van der Waals surface area contributed by atoms with E-state index >= 15 is 0 Å². The van der Waals surface area contributed by atoms with Crippen molar-refractivity contribution in [3.63, 3.8) is 0 Å². The van der Waals surface area contributed by atoms with E-state index < -0.39 is 0 Å². The van der Waals surface area contributed by atoms with Gasteiger partial charge in [0.25, 0.3) is 11.5 Å². The van der Waals surface area contributed by atoms with Crippen LogP contribution < -0.4 is 16.6 Å². The highest BCUT2D eigenvalue weighted by atomic mass is 16.2. The number of carbonyl (C=O) groups excluding carboxylic acids is 1. The van der Waals surface area contributed by atoms with Crippen molar-refractivity contribution in [1.82, 2.24) is 14.7 Å². The van der Waals surface area contributed by atoms with Crippen LogP contribution in [-0.4, -0.2) is 27.4 Å². The minimum Gasteiger partial charge on any atom is -0.349 e. The van der Waals surface area contributed by atoms with E-state index in [4.69, 9.17) is 5.73 Å². The normalized spacial score (nSPS) is 28.7. The van der Waals surface area contributed by atoms with E-state index in [1.165, 1.54) is 17.0 Å². The Bertz CT molecular complexity index is 861. The fourth-order valence-corrected chi connectivity index (χ4v) is 4.59. The number of fused-ring (bicyclic) bond motifs is 3. The lowest BCUT2D eigenvalue weighted by molar-refractivity contribution is 0.0754. The van der Waals surface area contributed by atoms with Crippen LogP contribution in [0.3, 0.4) is 0 Å². The molecule has 2 aromatic rings. The zero-order valence-electron chi connectivity index (χ0n) is 14.4. The number of carbonyl (C=O) groups is 1. The maximum absolute atomic E-state index is 12.8. The molecule has 2 aliphatic rings. The third-order valence-corrected chi connectivity index (χ3v) is 5.78. The van der Waals surface area contributed by atoms with E-state index in [0.717, 1.165) is 31.2 Å². The van der Waals surface area contributed by atoms with Gasteiger partial charge in [0, 0.05) is 24.5 Å². The molecule has 2 heterocycles. The van der Waals surface area contributed by atoms with Gasteiger partial charge in [-0.1, -0.05) is 6.42 Å². The summed E-state index contributed by atoms with van der Waals surface area (Å²) in [6, 6.07) is 4.03. The Morgan fingerprint density at radius 2 is 2.04 bits per heavy atom. The first-order valence-electron chi connectivity index (χ1n) is 9.07. The molecule has 2 bridgehead atoms. The van der Waals surface area contributed by atoms with Gasteiger partial charge in [-0.15, -0.1) is 0 Å². The Kier molecular flexibility index (Phi) is 4.07. The van der Waals surface area contributed by atoms with Crippen LogP contribution in [0.5, 0.6) is 0 Å². The Hall–Kier alpha value is -2.21. The van der Waals surface area contributed by atoms with Gasteiger partial charge in [0.15, 0.2) is 0 Å². The van der Waals surface area contributed by atoms with Gasteiger partial charge in [-0.2, -0.15) is 0 Å². The summed E-state index contributed by atoms with van der Waals surface area (Å²) in [6.45, 7) is 1.94. The highest BCUT2D eigenvalue weighted by molar-refractivity contribution is 5.94. The Morgan fingerprint density at radius 3 is 2.76 bits per heavy atom. The topological polar surface area (TPSA) is 89.5 Å². The highest BCUT2D eigenvalue weighted by Gasteiger charge is 2.40. The summed E-state index contributed by atoms with van der Waals surface area (Å²) in [5.41, 5.74) is 7.52. The minimum absolute atomic E-state index is 0.106. The number of aromatic nitrogens is 2. The molecule has 2 aromatic heterocycles. The summed E-state index contributed by atoms with van der Waals surface area (Å²) in [4.78, 5) is 29.7. The van der Waals surface area contributed by atoms with E-state index in [1.807, 2.05) is 19.1 Å². The van der Waals surface area contributed by atoms with Crippen LogP contribution >= 0.6 is 0 Å². The molecule has 6 nitrogen and oxygen atoms in total. The molecule has 2 aliphatic carbocycles. The average Bonchev–Trinajstić information content (AvgIpc) is 2.55. The SMILES string of the molecule is Cc1ccn2c(=O)c(C(=O)NC3C4CCCC3CC(N)C4)cnc2c1. The number of rotatable bonds is 2. The first-order chi connectivity index (χ1) is 12.0. The van der Waals surface area contributed by atoms with E-state index in [9.17, 15) is 9.59 Å². The first-order valence-corrected chi connectivity index (χ1v) is 9.07. The number of hydrogen-bond acceptors (Lipinski definition) is 4. The van der Waals surface area contributed by atoms with Crippen molar-refractivity contribution < 1.29 is 4.79 Å². The van der Waals surface area contributed by atoms with Gasteiger partial charge in [0.2, 0.25) is 0 Å². The molecule has 2 unspecified atom stereocenters. The summed E-state index contributed by atoms with van der Waals surface area (Å²) < 4.78 is 1.43. The largest absolute Gasteiger partial charge is 0.349 e. The van der Waals surface area contributed by atoms with Crippen LogP contribution in [0.1, 0.15) is 48.0 Å². The Balaban J connectivity index is 1.61. The first kappa shape index (κ1) is 16.3. The van der Waals surface area contributed by atoms with Gasteiger partial charge in [0.1, 0.15) is 11.2 Å². The summed E-state index contributed by atoms with van der Waals surface area (Å²) >= 11 is 0. The van der Waals surface area contributed by atoms with Gasteiger partial charge in [-0.3, -0.25) is 14.0 Å². The van der Waals surface area contributed by atoms with Crippen LogP contribution in [0.2, 0.25) is 0 Å². The number of aryl methyl sites for hydroxylation is 1. The lowest BCUT2D eigenvalue weighted by atomic mass is 9.67. The summed E-state index contributed by atoms with van der Waals surface area (Å²) in [7, 11) is 0. The van der Waals surface area contributed by atoms with Gasteiger partial charge < -0.3 is 11.1 Å². The summed E-state index contributed by atoms with van der Waals surface area (Å²) in [5.74, 6) is 0.528. The van der Waals surface area contributed by atoms with E-state index in [2.05, 4.69) is 10.3 Å². The third kappa shape index (κ3) is 2.95. The molecule has 3 N–H and O–H groups in total. The van der Waals surface area contributed by atoms with Crippen molar-refractivity contribution in [1.29, 1.82) is 0 Å². The van der Waals surface area contributed by atoms with E-state index in [0.29, 0.717) is 17.5 Å². The molecule has 2 atom stereocenters. The predicted molar refractivity (Wildman–Crippen MR) is 95.5 cm³/mol. The number of pyridine rings is 1. The quantitative estimate of drug-likeness (QED) is 0.870. The molecule has 6 heteroatoms. The Labute approximate surface area is 146 Å². The molecular formula is C19H24N4O2. The molecule has 1 amide bonds. The molecule has 2 fully saturated rings. The van der Waals surface area contributed by atoms with Crippen LogP contribution in [0.4, 0.5) is 0 Å². The standard InChI is InChI=1S/C19H24N4O2/c1-11-5-6-23-16(7-11)21-10-15(19(23)25)18(24)22-17-12-3-2-4-13(17)9-14(20)8-12/h5-7,10,12-14,17H,2-4,8-9,20H2,1H3,(H,22,24). The van der Waals surface area contributed by atoms with Gasteiger partial charge in [0.05, 0.1) is 0 Å². The zero-order chi connectivity index (χ0) is 17.6. The fourth-order valence-electron chi connectivity index (χ4n) is 4.59. The molecule has 2 saturated carbocycles. The zero-order valence-corrected chi connectivity index (χ0v) is 14.4. The summed E-state index contributed by atoms with van der Waals surface area (Å²) in [5, 5.41) is 3.13. The van der Waals surface area contributed by atoms with Crippen molar-refractivity contribution in [2.24, 2.45) is 17.6 Å². The van der Waals surface area contributed by atoms with Crippen molar-refractivity contribution in [2.45, 2.75) is 51.1 Å². The molecule has 0 aromatic carbocycles. The Morgan fingerprint density at radius 1 is 1.32 bits per heavy atom. The second-order valence-electron chi connectivity index (χ2n) is 7.59. The van der Waals surface area contributed by atoms with E-state index in [-0.39, 0.29) is 29.1 Å². The van der Waals surface area contributed by atoms with Crippen LogP contribution in [0, 0.1) is 18.8 Å². The van der Waals surface area contributed by atoms with Crippen LogP contribution in [0.25, 0.3) is 5.65 Å². The molecule has 0 saturated heterocycles.